The summed E-state index contributed by atoms with van der Waals surface area (Å²) in [5.74, 6) is -0.879. The molecule has 2 aromatic rings. The van der Waals surface area contributed by atoms with E-state index in [1.165, 1.54) is 5.56 Å². The zero-order valence-corrected chi connectivity index (χ0v) is 8.82. The van der Waals surface area contributed by atoms with Gasteiger partial charge in [-0.25, -0.2) is 4.79 Å². The number of aromatic nitrogens is 1. The molecule has 0 amide bonds. The van der Waals surface area contributed by atoms with Gasteiger partial charge in [0.15, 0.2) is 0 Å². The van der Waals surface area contributed by atoms with Gasteiger partial charge in [0.05, 0.1) is 0 Å². The van der Waals surface area contributed by atoms with E-state index in [0.29, 0.717) is 5.69 Å². The van der Waals surface area contributed by atoms with Crippen molar-refractivity contribution in [3.8, 4) is 0 Å². The topological polar surface area (TPSA) is 42.2 Å². The molecule has 15 heavy (non-hydrogen) atoms. The van der Waals surface area contributed by atoms with E-state index in [1.807, 2.05) is 18.2 Å². The lowest BCUT2D eigenvalue weighted by atomic mass is 10.1. The lowest BCUT2D eigenvalue weighted by Crippen LogP contribution is -2.03. The normalized spacial score (nSPS) is 10.8. The highest BCUT2D eigenvalue weighted by Gasteiger charge is 2.12. The number of carboxylic acids is 1. The first kappa shape index (κ1) is 9.77. The van der Waals surface area contributed by atoms with E-state index in [4.69, 9.17) is 5.11 Å². The monoisotopic (exact) mass is 203 g/mol. The Hall–Kier alpha value is -1.77. The van der Waals surface area contributed by atoms with E-state index in [9.17, 15) is 4.79 Å². The Morgan fingerprint density at radius 3 is 2.80 bits per heavy atom. The van der Waals surface area contributed by atoms with Crippen LogP contribution in [0.25, 0.3) is 10.9 Å². The standard InChI is InChI=1S/C12H13NO2/c1-3-8-5-4-6-10-9(8)7-11(12(14)15)13(10)2/h4-7H,3H2,1-2H3,(H,14,15). The van der Waals surface area contributed by atoms with E-state index in [1.54, 1.807) is 17.7 Å². The van der Waals surface area contributed by atoms with E-state index in [0.717, 1.165) is 17.3 Å². The maximum absolute atomic E-state index is 11.0. The summed E-state index contributed by atoms with van der Waals surface area (Å²) in [5, 5.41) is 10.1. The van der Waals surface area contributed by atoms with Crippen LogP contribution in [-0.2, 0) is 13.5 Å². The highest BCUT2D eigenvalue weighted by atomic mass is 16.4. The number of benzene rings is 1. The van der Waals surface area contributed by atoms with Crippen molar-refractivity contribution in [3.63, 3.8) is 0 Å². The second kappa shape index (κ2) is 3.42. The average molecular weight is 203 g/mol. The Morgan fingerprint density at radius 2 is 2.20 bits per heavy atom. The molecule has 1 aromatic heterocycles. The first-order chi connectivity index (χ1) is 7.15. The molecule has 0 aliphatic carbocycles. The van der Waals surface area contributed by atoms with Crippen LogP contribution < -0.4 is 0 Å². The second-order valence-corrected chi connectivity index (χ2v) is 3.60. The predicted molar refractivity (Wildman–Crippen MR) is 59.3 cm³/mol. The Morgan fingerprint density at radius 1 is 1.47 bits per heavy atom. The van der Waals surface area contributed by atoms with Crippen molar-refractivity contribution in [1.29, 1.82) is 0 Å². The molecule has 2 rings (SSSR count). The van der Waals surface area contributed by atoms with E-state index < -0.39 is 5.97 Å². The van der Waals surface area contributed by atoms with Crippen LogP contribution in [0, 0.1) is 0 Å². The maximum atomic E-state index is 11.0. The lowest BCUT2D eigenvalue weighted by Gasteiger charge is -2.01. The zero-order valence-electron chi connectivity index (χ0n) is 8.82. The van der Waals surface area contributed by atoms with Crippen LogP contribution in [0.1, 0.15) is 23.0 Å². The minimum atomic E-state index is -0.879. The van der Waals surface area contributed by atoms with E-state index in [-0.39, 0.29) is 0 Å². The molecule has 0 radical (unpaired) electrons. The summed E-state index contributed by atoms with van der Waals surface area (Å²) in [6, 6.07) is 7.69. The molecule has 1 aromatic carbocycles. The number of hydrogen-bond acceptors (Lipinski definition) is 1. The first-order valence-electron chi connectivity index (χ1n) is 4.95. The Kier molecular flexibility index (Phi) is 2.23. The number of carbonyl (C=O) groups is 1. The summed E-state index contributed by atoms with van der Waals surface area (Å²) in [5.41, 5.74) is 2.51. The van der Waals surface area contributed by atoms with Gasteiger partial charge in [0.1, 0.15) is 5.69 Å². The Balaban J connectivity index is 2.81. The number of aryl methyl sites for hydroxylation is 2. The maximum Gasteiger partial charge on any atom is 0.352 e. The molecule has 78 valence electrons. The minimum absolute atomic E-state index is 0.339. The first-order valence-corrected chi connectivity index (χ1v) is 4.95. The Bertz CT molecular complexity index is 526. The van der Waals surface area contributed by atoms with Gasteiger partial charge >= 0.3 is 5.97 Å². The summed E-state index contributed by atoms with van der Waals surface area (Å²) >= 11 is 0. The van der Waals surface area contributed by atoms with Crippen molar-refractivity contribution in [2.45, 2.75) is 13.3 Å². The van der Waals surface area contributed by atoms with Crippen molar-refractivity contribution in [3.05, 3.63) is 35.5 Å². The van der Waals surface area contributed by atoms with E-state index >= 15 is 0 Å². The van der Waals surface area contributed by atoms with Gasteiger partial charge in [0, 0.05) is 18.0 Å². The smallest absolute Gasteiger partial charge is 0.352 e. The van der Waals surface area contributed by atoms with E-state index in [2.05, 4.69) is 6.92 Å². The van der Waals surface area contributed by atoms with Gasteiger partial charge in [-0.3, -0.25) is 0 Å². The van der Waals surface area contributed by atoms with Crippen LogP contribution in [0.4, 0.5) is 0 Å². The largest absolute Gasteiger partial charge is 0.477 e. The fourth-order valence-corrected chi connectivity index (χ4v) is 1.94. The highest BCUT2D eigenvalue weighted by molar-refractivity contribution is 5.95. The van der Waals surface area contributed by atoms with Crippen molar-refractivity contribution in [2.24, 2.45) is 7.05 Å². The molecule has 0 unspecified atom stereocenters. The summed E-state index contributed by atoms with van der Waals surface area (Å²) in [6.45, 7) is 2.07. The van der Waals surface area contributed by atoms with Crippen LogP contribution in [0.15, 0.2) is 24.3 Å². The molecule has 3 heteroatoms. The SMILES string of the molecule is CCc1cccc2c1cc(C(=O)O)n2C. The number of rotatable bonds is 2. The average Bonchev–Trinajstić information content (AvgIpc) is 2.56. The highest BCUT2D eigenvalue weighted by Crippen LogP contribution is 2.22. The molecule has 1 heterocycles. The van der Waals surface area contributed by atoms with Crippen LogP contribution in [0.2, 0.25) is 0 Å². The van der Waals surface area contributed by atoms with Crippen LogP contribution >= 0.6 is 0 Å². The molecular weight excluding hydrogens is 190 g/mol. The number of aromatic carboxylic acids is 1. The molecule has 0 saturated carbocycles. The van der Waals surface area contributed by atoms with Crippen LogP contribution in [0.5, 0.6) is 0 Å². The van der Waals surface area contributed by atoms with Crippen molar-refractivity contribution in [1.82, 2.24) is 4.57 Å². The van der Waals surface area contributed by atoms with Crippen molar-refractivity contribution < 1.29 is 9.90 Å². The third-order valence-electron chi connectivity index (χ3n) is 2.78. The van der Waals surface area contributed by atoms with Crippen LogP contribution in [0.3, 0.4) is 0 Å². The molecule has 1 N–H and O–H groups in total. The summed E-state index contributed by atoms with van der Waals surface area (Å²) < 4.78 is 1.72. The van der Waals surface area contributed by atoms with Gasteiger partial charge in [-0.15, -0.1) is 0 Å². The van der Waals surface area contributed by atoms with Crippen molar-refractivity contribution >= 4 is 16.9 Å². The molecule has 0 aliphatic heterocycles. The van der Waals surface area contributed by atoms with Gasteiger partial charge in [-0.2, -0.15) is 0 Å². The van der Waals surface area contributed by atoms with Crippen molar-refractivity contribution in [2.75, 3.05) is 0 Å². The molecular formula is C12H13NO2. The van der Waals surface area contributed by atoms with Crippen LogP contribution in [-0.4, -0.2) is 15.6 Å². The van der Waals surface area contributed by atoms with Gasteiger partial charge in [0.2, 0.25) is 0 Å². The third kappa shape index (κ3) is 1.40. The number of carboxylic acid groups (broad SMARTS) is 1. The van der Waals surface area contributed by atoms with Gasteiger partial charge in [0.25, 0.3) is 0 Å². The minimum Gasteiger partial charge on any atom is -0.477 e. The van der Waals surface area contributed by atoms with Gasteiger partial charge in [-0.1, -0.05) is 19.1 Å². The summed E-state index contributed by atoms with van der Waals surface area (Å²) in [7, 11) is 1.78. The predicted octanol–water partition coefficient (Wildman–Crippen LogP) is 2.44. The van der Waals surface area contributed by atoms with Gasteiger partial charge in [-0.05, 0) is 24.1 Å². The Labute approximate surface area is 87.9 Å². The summed E-state index contributed by atoms with van der Waals surface area (Å²) in [4.78, 5) is 11.0. The number of hydrogen-bond donors (Lipinski definition) is 1. The molecule has 0 aliphatic rings. The summed E-state index contributed by atoms with van der Waals surface area (Å²) in [6.07, 6.45) is 0.917. The fraction of sp³-hybridized carbons (Fsp3) is 0.250. The molecule has 3 nitrogen and oxygen atoms in total. The molecule has 0 spiro atoms. The molecule has 0 atom stereocenters. The quantitative estimate of drug-likeness (QED) is 0.814. The molecule has 0 saturated heterocycles. The van der Waals surface area contributed by atoms with Gasteiger partial charge < -0.3 is 9.67 Å². The zero-order chi connectivity index (χ0) is 11.0. The molecule has 0 bridgehead atoms. The second-order valence-electron chi connectivity index (χ2n) is 3.60. The fourth-order valence-electron chi connectivity index (χ4n) is 1.94. The number of fused-ring (bicyclic) bond motifs is 1. The third-order valence-corrected chi connectivity index (χ3v) is 2.78. The molecule has 0 fully saturated rings. The lowest BCUT2D eigenvalue weighted by molar-refractivity contribution is 0.0687. The number of nitrogens with zero attached hydrogens (tertiary/aromatic N) is 1.